The minimum Gasteiger partial charge on any atom is -0.487 e. The van der Waals surface area contributed by atoms with E-state index in [1.807, 2.05) is 78.2 Å². The van der Waals surface area contributed by atoms with Crippen molar-refractivity contribution in [2.45, 2.75) is 26.4 Å². The van der Waals surface area contributed by atoms with Gasteiger partial charge in [-0.3, -0.25) is 9.59 Å². The lowest BCUT2D eigenvalue weighted by molar-refractivity contribution is -0.108. The minimum absolute atomic E-state index is 0.299. The van der Waals surface area contributed by atoms with Gasteiger partial charge in [0.25, 0.3) is 5.24 Å². The second-order valence-corrected chi connectivity index (χ2v) is 8.21. The zero-order valence-electron chi connectivity index (χ0n) is 17.5. The first kappa shape index (κ1) is 22.1. The largest absolute Gasteiger partial charge is 0.487 e. The SMILES string of the molecule is CCc1c(C(=O)C(=O)Cl)c2c(OCc3ccccc3)cccn2c1Cc1cccc(Cl)c1. The molecule has 0 bridgehead atoms. The average Bonchev–Trinajstić information content (AvgIpc) is 3.11. The topological polar surface area (TPSA) is 47.8 Å². The summed E-state index contributed by atoms with van der Waals surface area (Å²) in [6.45, 7) is 2.29. The normalized spacial score (nSPS) is 11.0. The van der Waals surface area contributed by atoms with Crippen LogP contribution in [0.5, 0.6) is 5.75 Å². The number of ketones is 1. The molecular weight excluding hydrogens is 445 g/mol. The first-order chi connectivity index (χ1) is 15.5. The second-order valence-electron chi connectivity index (χ2n) is 7.43. The lowest BCUT2D eigenvalue weighted by atomic mass is 10.00. The molecule has 0 N–H and O–H groups in total. The average molecular weight is 466 g/mol. The van der Waals surface area contributed by atoms with Crippen molar-refractivity contribution in [1.29, 1.82) is 0 Å². The molecule has 4 rings (SSSR count). The first-order valence-electron chi connectivity index (χ1n) is 10.3. The van der Waals surface area contributed by atoms with E-state index in [0.717, 1.165) is 22.4 Å². The Balaban J connectivity index is 1.88. The molecule has 32 heavy (non-hydrogen) atoms. The Labute approximate surface area is 196 Å². The molecule has 4 aromatic rings. The number of benzene rings is 2. The van der Waals surface area contributed by atoms with Gasteiger partial charge in [-0.1, -0.05) is 61.0 Å². The molecule has 0 saturated heterocycles. The van der Waals surface area contributed by atoms with E-state index in [9.17, 15) is 9.59 Å². The summed E-state index contributed by atoms with van der Waals surface area (Å²) in [7, 11) is 0. The Morgan fingerprint density at radius 3 is 2.41 bits per heavy atom. The molecule has 0 unspecified atom stereocenters. The molecule has 0 radical (unpaired) electrons. The van der Waals surface area contributed by atoms with Crippen molar-refractivity contribution in [3.63, 3.8) is 0 Å². The highest BCUT2D eigenvalue weighted by molar-refractivity contribution is 6.83. The van der Waals surface area contributed by atoms with Gasteiger partial charge in [-0.25, -0.2) is 0 Å². The van der Waals surface area contributed by atoms with Gasteiger partial charge in [0.05, 0.1) is 11.1 Å². The molecule has 0 atom stereocenters. The number of fused-ring (bicyclic) bond motifs is 1. The molecule has 162 valence electrons. The van der Waals surface area contributed by atoms with E-state index >= 15 is 0 Å². The number of carbonyl (C=O) groups is 2. The molecule has 2 heterocycles. The summed E-state index contributed by atoms with van der Waals surface area (Å²) in [4.78, 5) is 24.8. The maximum atomic E-state index is 12.9. The summed E-state index contributed by atoms with van der Waals surface area (Å²) in [5, 5.41) is -0.375. The van der Waals surface area contributed by atoms with Gasteiger partial charge in [0, 0.05) is 23.3 Å². The standard InChI is InChI=1S/C26H21Cl2NO3/c1-2-20-21(15-18-10-6-11-19(27)14-18)29-13-7-12-22(24(29)23(20)25(30)26(28)31)32-16-17-8-4-3-5-9-17/h3-14H,2,15-16H2,1H3. The number of Topliss-reactive ketones (excluding diaryl/α,β-unsaturated/α-hetero) is 1. The molecule has 0 aliphatic heterocycles. The predicted molar refractivity (Wildman–Crippen MR) is 127 cm³/mol. The number of rotatable bonds is 8. The van der Waals surface area contributed by atoms with Gasteiger partial charge in [0.15, 0.2) is 0 Å². The van der Waals surface area contributed by atoms with Crippen molar-refractivity contribution in [1.82, 2.24) is 4.40 Å². The van der Waals surface area contributed by atoms with Crippen LogP contribution in [-0.4, -0.2) is 15.4 Å². The minimum atomic E-state index is -1.01. The molecular formula is C26H21Cl2NO3. The van der Waals surface area contributed by atoms with Crippen LogP contribution in [0.1, 0.15) is 39.7 Å². The molecule has 2 aromatic carbocycles. The summed E-state index contributed by atoms with van der Waals surface area (Å²) in [6.07, 6.45) is 2.97. The number of carbonyl (C=O) groups excluding carboxylic acids is 2. The summed E-state index contributed by atoms with van der Waals surface area (Å²) >= 11 is 11.8. The Kier molecular flexibility index (Phi) is 6.63. The van der Waals surface area contributed by atoms with E-state index in [0.29, 0.717) is 41.3 Å². The number of hydrogen-bond acceptors (Lipinski definition) is 3. The summed E-state index contributed by atoms with van der Waals surface area (Å²) in [5.74, 6) is -0.209. The summed E-state index contributed by atoms with van der Waals surface area (Å²) in [5.41, 5.74) is 4.52. The Morgan fingerprint density at radius 2 is 1.72 bits per heavy atom. The van der Waals surface area contributed by atoms with Crippen LogP contribution in [0.3, 0.4) is 0 Å². The number of hydrogen-bond donors (Lipinski definition) is 0. The van der Waals surface area contributed by atoms with Gasteiger partial charge >= 0.3 is 0 Å². The van der Waals surface area contributed by atoms with E-state index in [1.165, 1.54) is 0 Å². The van der Waals surface area contributed by atoms with Crippen molar-refractivity contribution >= 4 is 39.7 Å². The van der Waals surface area contributed by atoms with Crippen LogP contribution in [0.4, 0.5) is 0 Å². The summed E-state index contributed by atoms with van der Waals surface area (Å²) < 4.78 is 8.03. The van der Waals surface area contributed by atoms with Gasteiger partial charge in [-0.15, -0.1) is 0 Å². The van der Waals surface area contributed by atoms with E-state index in [1.54, 1.807) is 6.07 Å². The molecule has 0 fully saturated rings. The Bertz CT molecular complexity index is 1300. The van der Waals surface area contributed by atoms with Crippen LogP contribution in [0.2, 0.25) is 5.02 Å². The number of halogens is 2. The van der Waals surface area contributed by atoms with Crippen LogP contribution in [0.15, 0.2) is 72.9 Å². The number of pyridine rings is 1. The van der Waals surface area contributed by atoms with Crippen molar-refractivity contribution in [2.75, 3.05) is 0 Å². The maximum Gasteiger partial charge on any atom is 0.293 e. The maximum absolute atomic E-state index is 12.9. The Morgan fingerprint density at radius 1 is 0.969 bits per heavy atom. The molecule has 2 aromatic heterocycles. The van der Waals surface area contributed by atoms with Gasteiger partial charge < -0.3 is 9.14 Å². The van der Waals surface area contributed by atoms with Crippen LogP contribution in [0, 0.1) is 0 Å². The zero-order chi connectivity index (χ0) is 22.7. The molecule has 0 saturated carbocycles. The quantitative estimate of drug-likeness (QED) is 0.175. The smallest absolute Gasteiger partial charge is 0.293 e. The van der Waals surface area contributed by atoms with Gasteiger partial charge in [0.1, 0.15) is 12.4 Å². The fraction of sp³-hybridized carbons (Fsp3) is 0.154. The van der Waals surface area contributed by atoms with Crippen LogP contribution >= 0.6 is 23.2 Å². The van der Waals surface area contributed by atoms with Gasteiger partial charge in [0.2, 0.25) is 5.78 Å². The van der Waals surface area contributed by atoms with Gasteiger partial charge in [-0.05, 0) is 59.0 Å². The highest BCUT2D eigenvalue weighted by atomic mass is 35.5. The third-order valence-electron chi connectivity index (χ3n) is 5.39. The molecule has 6 heteroatoms. The lowest BCUT2D eigenvalue weighted by Crippen LogP contribution is -2.10. The molecule has 0 aliphatic rings. The van der Waals surface area contributed by atoms with Crippen LogP contribution < -0.4 is 4.74 Å². The van der Waals surface area contributed by atoms with Gasteiger partial charge in [-0.2, -0.15) is 0 Å². The predicted octanol–water partition coefficient (Wildman–Crippen LogP) is 6.27. The zero-order valence-corrected chi connectivity index (χ0v) is 19.0. The molecule has 4 nitrogen and oxygen atoms in total. The van der Waals surface area contributed by atoms with Crippen molar-refractivity contribution in [2.24, 2.45) is 0 Å². The third-order valence-corrected chi connectivity index (χ3v) is 5.80. The highest BCUT2D eigenvalue weighted by Gasteiger charge is 2.28. The second kappa shape index (κ2) is 9.60. The number of aromatic nitrogens is 1. The van der Waals surface area contributed by atoms with Crippen molar-refractivity contribution in [3.05, 3.63) is 106 Å². The van der Waals surface area contributed by atoms with E-state index in [2.05, 4.69) is 0 Å². The highest BCUT2D eigenvalue weighted by Crippen LogP contribution is 2.34. The third kappa shape index (κ3) is 4.43. The number of ether oxygens (including phenoxy) is 1. The molecule has 0 aliphatic carbocycles. The van der Waals surface area contributed by atoms with E-state index < -0.39 is 11.0 Å². The monoisotopic (exact) mass is 465 g/mol. The fourth-order valence-corrected chi connectivity index (χ4v) is 4.30. The number of nitrogens with zero attached hydrogens (tertiary/aromatic N) is 1. The van der Waals surface area contributed by atoms with Crippen LogP contribution in [0.25, 0.3) is 5.52 Å². The van der Waals surface area contributed by atoms with Crippen molar-refractivity contribution < 1.29 is 14.3 Å². The molecule has 0 spiro atoms. The fourth-order valence-electron chi connectivity index (χ4n) is 4.00. The molecule has 0 amide bonds. The lowest BCUT2D eigenvalue weighted by Gasteiger charge is -2.10. The van der Waals surface area contributed by atoms with Crippen LogP contribution in [-0.2, 0) is 24.2 Å². The van der Waals surface area contributed by atoms with Crippen molar-refractivity contribution in [3.8, 4) is 5.75 Å². The first-order valence-corrected chi connectivity index (χ1v) is 11.0. The summed E-state index contributed by atoms with van der Waals surface area (Å²) in [6, 6.07) is 21.0. The van der Waals surface area contributed by atoms with E-state index in [-0.39, 0.29) is 0 Å². The van der Waals surface area contributed by atoms with E-state index in [4.69, 9.17) is 27.9 Å². The Hall–Kier alpha value is -3.08.